The Morgan fingerprint density at radius 3 is 2.16 bits per heavy atom. The average molecular weight is 600 g/mol. The van der Waals surface area contributed by atoms with Crippen LogP contribution in [-0.4, -0.2) is 86.2 Å². The highest BCUT2D eigenvalue weighted by atomic mass is 19.1. The number of aliphatic hydroxyl groups is 1. The molecule has 0 saturated carbocycles. The van der Waals surface area contributed by atoms with Crippen molar-refractivity contribution in [1.82, 2.24) is 29.1 Å². The van der Waals surface area contributed by atoms with E-state index in [0.717, 1.165) is 24.3 Å². The molecule has 9 nitrogen and oxygen atoms in total. The van der Waals surface area contributed by atoms with E-state index in [-0.39, 0.29) is 17.9 Å². The first-order valence-electron chi connectivity index (χ1n) is 15.9. The lowest BCUT2D eigenvalue weighted by atomic mass is 9.71. The highest BCUT2D eigenvalue weighted by Crippen LogP contribution is 2.42. The van der Waals surface area contributed by atoms with E-state index >= 15 is 0 Å². The molecule has 5 heterocycles. The predicted octanol–water partition coefficient (Wildman–Crippen LogP) is 4.06. The Morgan fingerprint density at radius 2 is 1.48 bits per heavy atom. The molecule has 44 heavy (non-hydrogen) atoms. The fourth-order valence-electron chi connectivity index (χ4n) is 7.34. The molecular weight excluding hydrogens is 557 g/mol. The van der Waals surface area contributed by atoms with Crippen molar-refractivity contribution in [2.75, 3.05) is 51.2 Å². The minimum absolute atomic E-state index is 0.187. The fourth-order valence-corrected chi connectivity index (χ4v) is 7.34. The van der Waals surface area contributed by atoms with Crippen LogP contribution in [0.3, 0.4) is 0 Å². The van der Waals surface area contributed by atoms with Gasteiger partial charge in [0, 0.05) is 38.4 Å². The highest BCUT2D eigenvalue weighted by Gasteiger charge is 2.37. The molecule has 0 amide bonds. The van der Waals surface area contributed by atoms with Crippen LogP contribution in [0, 0.1) is 11.2 Å². The fraction of sp³-hybridized carbons (Fsp3) is 0.500. The molecule has 0 unspecified atom stereocenters. The number of halogens is 1. The molecule has 3 aliphatic heterocycles. The Labute approximate surface area is 257 Å². The lowest BCUT2D eigenvalue weighted by molar-refractivity contribution is -0.0364. The van der Waals surface area contributed by atoms with Crippen molar-refractivity contribution in [1.29, 1.82) is 0 Å². The van der Waals surface area contributed by atoms with Gasteiger partial charge in [0.1, 0.15) is 17.5 Å². The Hall–Kier alpha value is -3.60. The maximum absolute atomic E-state index is 13.4. The lowest BCUT2D eigenvalue weighted by Gasteiger charge is -2.46. The molecular formula is C34H42FN7O2. The smallest absolute Gasteiger partial charge is 0.264 e. The van der Waals surface area contributed by atoms with Gasteiger partial charge in [0.25, 0.3) is 5.56 Å². The second kappa shape index (κ2) is 11.7. The largest absolute Gasteiger partial charge is 0.388 e. The average Bonchev–Trinajstić information content (AvgIpc) is 3.48. The van der Waals surface area contributed by atoms with Crippen molar-refractivity contribution in [3.8, 4) is 5.69 Å². The molecule has 4 aromatic rings. The van der Waals surface area contributed by atoms with E-state index in [1.165, 1.54) is 67.5 Å². The summed E-state index contributed by atoms with van der Waals surface area (Å²) in [6.07, 6.45) is 9.34. The van der Waals surface area contributed by atoms with Crippen LogP contribution in [0.2, 0.25) is 0 Å². The summed E-state index contributed by atoms with van der Waals surface area (Å²) < 4.78 is 16.5. The number of likely N-dealkylation sites (tertiary alicyclic amines) is 2. The summed E-state index contributed by atoms with van der Waals surface area (Å²) in [4.78, 5) is 25.2. The Bertz CT molecular complexity index is 1640. The van der Waals surface area contributed by atoms with Crippen molar-refractivity contribution in [3.05, 3.63) is 82.8 Å². The summed E-state index contributed by atoms with van der Waals surface area (Å²) in [6.45, 7) is 6.90. The second-order valence-corrected chi connectivity index (χ2v) is 13.4. The van der Waals surface area contributed by atoms with Crippen molar-refractivity contribution < 1.29 is 9.50 Å². The number of piperidine rings is 3. The molecule has 0 atom stereocenters. The van der Waals surface area contributed by atoms with Gasteiger partial charge >= 0.3 is 0 Å². The second-order valence-electron chi connectivity index (χ2n) is 13.4. The zero-order chi connectivity index (χ0) is 30.3. The minimum Gasteiger partial charge on any atom is -0.388 e. The topological polar surface area (TPSA) is 82.7 Å². The Morgan fingerprint density at radius 1 is 0.841 bits per heavy atom. The quantitative estimate of drug-likeness (QED) is 0.358. The third-order valence-electron chi connectivity index (χ3n) is 10.5. The van der Waals surface area contributed by atoms with Crippen LogP contribution in [-0.2, 0) is 13.1 Å². The van der Waals surface area contributed by atoms with Crippen LogP contribution in [0.1, 0.15) is 44.1 Å². The number of hydrogen-bond acceptors (Lipinski definition) is 7. The van der Waals surface area contributed by atoms with Gasteiger partial charge in [-0.1, -0.05) is 12.1 Å². The summed E-state index contributed by atoms with van der Waals surface area (Å²) in [7, 11) is 2.23. The summed E-state index contributed by atoms with van der Waals surface area (Å²) in [6, 6.07) is 14.9. The van der Waals surface area contributed by atoms with Crippen LogP contribution in [0.15, 0.2) is 65.8 Å². The summed E-state index contributed by atoms with van der Waals surface area (Å²) in [5, 5.41) is 16.3. The number of fused-ring (bicyclic) bond motifs is 1. The van der Waals surface area contributed by atoms with E-state index in [9.17, 15) is 14.3 Å². The number of benzene rings is 2. The Balaban J connectivity index is 0.993. The molecule has 1 spiro atoms. The number of nitrogens with zero attached hydrogens (tertiary/aromatic N) is 7. The molecule has 0 radical (unpaired) electrons. The molecule has 2 aromatic heterocycles. The standard InChI is InChI=1S/C34H42FN7O2/c1-38-16-10-33(11-17-38)12-20-40(21-13-33)28-6-8-29(9-7-28)42-31-30(22-37-42)32(43)41(25-36-31)24-34(44)14-18-39(19-15-34)23-26-2-4-27(35)5-3-26/h2-9,22,25,44H,10-21,23-24H2,1H3. The first-order valence-corrected chi connectivity index (χ1v) is 15.9. The molecule has 0 bridgehead atoms. The van der Waals surface area contributed by atoms with Crippen LogP contribution in [0.4, 0.5) is 10.1 Å². The van der Waals surface area contributed by atoms with Gasteiger partial charge in [-0.3, -0.25) is 14.3 Å². The van der Waals surface area contributed by atoms with E-state index < -0.39 is 5.60 Å². The van der Waals surface area contributed by atoms with Crippen LogP contribution < -0.4 is 10.5 Å². The first kappa shape index (κ1) is 29.1. The van der Waals surface area contributed by atoms with Crippen molar-refractivity contribution in [2.45, 2.75) is 57.2 Å². The van der Waals surface area contributed by atoms with Crippen molar-refractivity contribution >= 4 is 16.7 Å². The van der Waals surface area contributed by atoms with Gasteiger partial charge in [-0.05, 0) is 106 Å². The third kappa shape index (κ3) is 5.90. The summed E-state index contributed by atoms with van der Waals surface area (Å²) in [5.41, 5.74) is 2.98. The van der Waals surface area contributed by atoms with E-state index in [2.05, 4.69) is 56.1 Å². The van der Waals surface area contributed by atoms with E-state index in [1.54, 1.807) is 23.0 Å². The monoisotopic (exact) mass is 599 g/mol. The molecule has 10 heteroatoms. The molecule has 3 fully saturated rings. The third-order valence-corrected chi connectivity index (χ3v) is 10.5. The highest BCUT2D eigenvalue weighted by molar-refractivity contribution is 5.75. The molecule has 3 saturated heterocycles. The van der Waals surface area contributed by atoms with E-state index in [1.807, 2.05) is 0 Å². The first-order chi connectivity index (χ1) is 21.3. The zero-order valence-electron chi connectivity index (χ0n) is 25.5. The lowest BCUT2D eigenvalue weighted by Crippen LogP contribution is -2.47. The van der Waals surface area contributed by atoms with Crippen LogP contribution in [0.25, 0.3) is 16.7 Å². The summed E-state index contributed by atoms with van der Waals surface area (Å²) >= 11 is 0. The normalized spacial score (nSPS) is 20.8. The molecule has 0 aliphatic carbocycles. The van der Waals surface area contributed by atoms with Crippen molar-refractivity contribution in [2.24, 2.45) is 5.41 Å². The molecule has 232 valence electrons. The van der Waals surface area contributed by atoms with Crippen molar-refractivity contribution in [3.63, 3.8) is 0 Å². The van der Waals surface area contributed by atoms with Gasteiger partial charge in [0.15, 0.2) is 5.65 Å². The summed E-state index contributed by atoms with van der Waals surface area (Å²) in [5.74, 6) is -0.241. The minimum atomic E-state index is -0.994. The predicted molar refractivity (Wildman–Crippen MR) is 170 cm³/mol. The van der Waals surface area contributed by atoms with E-state index in [0.29, 0.717) is 48.9 Å². The molecule has 3 aliphatic rings. The van der Waals surface area contributed by atoms with Gasteiger partial charge < -0.3 is 14.9 Å². The van der Waals surface area contributed by atoms with Gasteiger partial charge in [0.2, 0.25) is 0 Å². The van der Waals surface area contributed by atoms with Crippen LogP contribution in [0.5, 0.6) is 0 Å². The number of aromatic nitrogens is 4. The SMILES string of the molecule is CN1CCC2(CC1)CCN(c1ccc(-n3ncc4c(=O)n(CC5(O)CCN(Cc6ccc(F)cc6)CC5)cnc43)cc1)CC2. The van der Waals surface area contributed by atoms with Gasteiger partial charge in [-0.15, -0.1) is 0 Å². The molecule has 1 N–H and O–H groups in total. The van der Waals surface area contributed by atoms with Gasteiger partial charge in [0.05, 0.1) is 24.0 Å². The molecule has 7 rings (SSSR count). The Kier molecular flexibility index (Phi) is 7.76. The number of hydrogen-bond donors (Lipinski definition) is 1. The number of rotatable bonds is 6. The molecule has 2 aromatic carbocycles. The maximum atomic E-state index is 13.4. The van der Waals surface area contributed by atoms with E-state index in [4.69, 9.17) is 0 Å². The zero-order valence-corrected chi connectivity index (χ0v) is 25.5. The van der Waals surface area contributed by atoms with Crippen LogP contribution >= 0.6 is 0 Å². The van der Waals surface area contributed by atoms with Gasteiger partial charge in [-0.2, -0.15) is 5.10 Å². The maximum Gasteiger partial charge on any atom is 0.264 e. The van der Waals surface area contributed by atoms with Gasteiger partial charge in [-0.25, -0.2) is 14.1 Å². The number of anilines is 1.